The predicted molar refractivity (Wildman–Crippen MR) is 99.8 cm³/mol. The Morgan fingerprint density at radius 2 is 2.15 bits per heavy atom. The Balaban J connectivity index is 1.70. The van der Waals surface area contributed by atoms with Gasteiger partial charge in [0, 0.05) is 17.3 Å². The van der Waals surface area contributed by atoms with E-state index in [1.807, 2.05) is 49.6 Å². The molecule has 128 valence electrons. The van der Waals surface area contributed by atoms with Crippen LogP contribution in [-0.4, -0.2) is 21.3 Å². The Morgan fingerprint density at radius 3 is 2.96 bits per heavy atom. The third-order valence-electron chi connectivity index (χ3n) is 4.32. The van der Waals surface area contributed by atoms with Gasteiger partial charge in [-0.25, -0.2) is 4.98 Å². The van der Waals surface area contributed by atoms with Gasteiger partial charge in [0.05, 0.1) is 17.1 Å². The van der Waals surface area contributed by atoms with Gasteiger partial charge in [-0.1, -0.05) is 29.3 Å². The Morgan fingerprint density at radius 1 is 1.23 bits per heavy atom. The van der Waals surface area contributed by atoms with Gasteiger partial charge >= 0.3 is 0 Å². The topological polar surface area (TPSA) is 53.1 Å². The smallest absolute Gasteiger partial charge is 0.124 e. The molecule has 1 atom stereocenters. The van der Waals surface area contributed by atoms with Gasteiger partial charge in [0.2, 0.25) is 0 Å². The molecule has 26 heavy (non-hydrogen) atoms. The average Bonchev–Trinajstić information content (AvgIpc) is 3.35. The van der Waals surface area contributed by atoms with Crippen LogP contribution in [0.1, 0.15) is 18.6 Å². The Hall–Kier alpha value is -3.36. The molecule has 2 aromatic carbocycles. The highest BCUT2D eigenvalue weighted by atomic mass is 16.5. The summed E-state index contributed by atoms with van der Waals surface area (Å²) in [5.41, 5.74) is 5.79. The summed E-state index contributed by atoms with van der Waals surface area (Å²) in [6.45, 7) is 2.28. The third-order valence-corrected chi connectivity index (χ3v) is 4.32. The molecule has 0 radical (unpaired) electrons. The van der Waals surface area contributed by atoms with E-state index in [0.29, 0.717) is 6.61 Å². The van der Waals surface area contributed by atoms with Crippen molar-refractivity contribution in [3.8, 4) is 29.3 Å². The highest BCUT2D eigenvalue weighted by Crippen LogP contribution is 2.26. The van der Waals surface area contributed by atoms with E-state index in [1.54, 1.807) is 6.26 Å². The average molecular weight is 343 g/mol. The number of hydrogen-bond donors (Lipinski definition) is 0. The molecule has 5 heteroatoms. The molecule has 0 saturated heterocycles. The monoisotopic (exact) mass is 343 g/mol. The van der Waals surface area contributed by atoms with E-state index >= 15 is 0 Å². The molecule has 0 aliphatic rings. The number of hydrogen-bond acceptors (Lipinski definition) is 4. The van der Waals surface area contributed by atoms with Crippen molar-refractivity contribution in [1.82, 2.24) is 14.7 Å². The molecular formula is C21H17N3O2. The number of imidazole rings is 1. The second-order valence-electron chi connectivity index (χ2n) is 5.96. The Bertz CT molecular complexity index is 1070. The molecule has 4 rings (SSSR count). The van der Waals surface area contributed by atoms with Gasteiger partial charge in [0.1, 0.15) is 24.9 Å². The fourth-order valence-electron chi connectivity index (χ4n) is 2.93. The first-order valence-corrected chi connectivity index (χ1v) is 8.29. The van der Waals surface area contributed by atoms with Crippen molar-refractivity contribution in [2.24, 2.45) is 0 Å². The van der Waals surface area contributed by atoms with Crippen LogP contribution in [0.15, 0.2) is 65.6 Å². The summed E-state index contributed by atoms with van der Waals surface area (Å²) in [6, 6.07) is 16.1. The maximum atomic E-state index is 5.59. The van der Waals surface area contributed by atoms with Crippen molar-refractivity contribution in [1.29, 1.82) is 0 Å². The van der Waals surface area contributed by atoms with Crippen molar-refractivity contribution in [3.63, 3.8) is 0 Å². The van der Waals surface area contributed by atoms with Gasteiger partial charge in [-0.3, -0.25) is 4.57 Å². The van der Waals surface area contributed by atoms with E-state index in [1.165, 1.54) is 0 Å². The van der Waals surface area contributed by atoms with Crippen LogP contribution in [0.2, 0.25) is 0 Å². The minimum absolute atomic E-state index is 0.0731. The molecule has 2 heterocycles. The number of rotatable bonds is 5. The zero-order valence-electron chi connectivity index (χ0n) is 14.3. The molecule has 0 saturated carbocycles. The van der Waals surface area contributed by atoms with Gasteiger partial charge in [-0.15, -0.1) is 6.42 Å². The van der Waals surface area contributed by atoms with E-state index in [9.17, 15) is 0 Å². The molecule has 5 nitrogen and oxygen atoms in total. The highest BCUT2D eigenvalue weighted by Gasteiger charge is 2.11. The molecular weight excluding hydrogens is 326 g/mol. The van der Waals surface area contributed by atoms with Crippen molar-refractivity contribution in [2.75, 3.05) is 6.61 Å². The molecule has 0 fully saturated rings. The van der Waals surface area contributed by atoms with Crippen LogP contribution >= 0.6 is 0 Å². The zero-order valence-corrected chi connectivity index (χ0v) is 14.3. The number of aromatic nitrogens is 3. The second-order valence-corrected chi connectivity index (χ2v) is 5.96. The van der Waals surface area contributed by atoms with Crippen LogP contribution in [-0.2, 0) is 4.74 Å². The minimum atomic E-state index is -0.0731. The molecule has 2 aromatic heterocycles. The number of fused-ring (bicyclic) bond motifs is 1. The lowest BCUT2D eigenvalue weighted by Crippen LogP contribution is -2.00. The highest BCUT2D eigenvalue weighted by molar-refractivity contribution is 5.78. The SMILES string of the molecule is C#CCOC(C)c1ccc2c(c1)ncn2-c1cccc(-c2ccon2)c1. The Labute approximate surface area is 151 Å². The van der Waals surface area contributed by atoms with Crippen LogP contribution < -0.4 is 0 Å². The fraction of sp³-hybridized carbons (Fsp3) is 0.143. The summed E-state index contributed by atoms with van der Waals surface area (Å²) >= 11 is 0. The largest absolute Gasteiger partial charge is 0.364 e. The number of ether oxygens (including phenoxy) is 1. The van der Waals surface area contributed by atoms with Crippen molar-refractivity contribution < 1.29 is 9.26 Å². The lowest BCUT2D eigenvalue weighted by Gasteiger charge is -2.12. The standard InChI is InChI=1S/C21H17N3O2/c1-3-10-25-15(2)16-7-8-21-20(13-16)22-14-24(21)18-6-4-5-17(12-18)19-9-11-26-23-19/h1,4-9,11-15H,10H2,2H3. The molecule has 0 aliphatic heterocycles. The molecule has 0 bridgehead atoms. The van der Waals surface area contributed by atoms with Crippen molar-refractivity contribution >= 4 is 11.0 Å². The number of terminal acetylenes is 1. The summed E-state index contributed by atoms with van der Waals surface area (Å²) in [6.07, 6.45) is 8.58. The van der Waals surface area contributed by atoms with Gasteiger partial charge in [0.15, 0.2) is 0 Å². The van der Waals surface area contributed by atoms with Crippen molar-refractivity contribution in [3.05, 3.63) is 66.7 Å². The normalized spacial score (nSPS) is 12.2. The van der Waals surface area contributed by atoms with Crippen LogP contribution in [0.25, 0.3) is 28.0 Å². The molecule has 0 spiro atoms. The van der Waals surface area contributed by atoms with E-state index in [4.69, 9.17) is 15.7 Å². The zero-order chi connectivity index (χ0) is 17.9. The van der Waals surface area contributed by atoms with Crippen LogP contribution in [0.3, 0.4) is 0 Å². The number of benzene rings is 2. The summed E-state index contributed by atoms with van der Waals surface area (Å²) in [4.78, 5) is 4.54. The van der Waals surface area contributed by atoms with Gasteiger partial charge in [0.25, 0.3) is 0 Å². The summed E-state index contributed by atoms with van der Waals surface area (Å²) in [7, 11) is 0. The van der Waals surface area contributed by atoms with Gasteiger partial charge < -0.3 is 9.26 Å². The third kappa shape index (κ3) is 2.99. The quantitative estimate of drug-likeness (QED) is 0.504. The lowest BCUT2D eigenvalue weighted by atomic mass is 10.1. The predicted octanol–water partition coefficient (Wildman–Crippen LogP) is 4.39. The van der Waals surface area contributed by atoms with E-state index in [0.717, 1.165) is 33.5 Å². The summed E-state index contributed by atoms with van der Waals surface area (Å²) in [5, 5.41) is 4.00. The first-order valence-electron chi connectivity index (χ1n) is 8.29. The maximum Gasteiger partial charge on any atom is 0.124 e. The molecule has 1 unspecified atom stereocenters. The minimum Gasteiger partial charge on any atom is -0.364 e. The van der Waals surface area contributed by atoms with E-state index in [-0.39, 0.29) is 6.10 Å². The van der Waals surface area contributed by atoms with Crippen LogP contribution in [0.5, 0.6) is 0 Å². The Kier molecular flexibility index (Phi) is 4.26. The maximum absolute atomic E-state index is 5.59. The van der Waals surface area contributed by atoms with Crippen LogP contribution in [0.4, 0.5) is 0 Å². The molecule has 0 N–H and O–H groups in total. The lowest BCUT2D eigenvalue weighted by molar-refractivity contribution is 0.0927. The van der Waals surface area contributed by atoms with Crippen molar-refractivity contribution in [2.45, 2.75) is 13.0 Å². The fourth-order valence-corrected chi connectivity index (χ4v) is 2.93. The van der Waals surface area contributed by atoms with Gasteiger partial charge in [-0.05, 0) is 36.8 Å². The van der Waals surface area contributed by atoms with Gasteiger partial charge in [-0.2, -0.15) is 0 Å². The first kappa shape index (κ1) is 16.1. The first-order chi connectivity index (χ1) is 12.8. The van der Waals surface area contributed by atoms with E-state index in [2.05, 4.69) is 32.8 Å². The molecule has 4 aromatic rings. The molecule has 0 amide bonds. The molecule has 0 aliphatic carbocycles. The second kappa shape index (κ2) is 6.87. The number of nitrogens with zero attached hydrogens (tertiary/aromatic N) is 3. The van der Waals surface area contributed by atoms with E-state index < -0.39 is 0 Å². The summed E-state index contributed by atoms with van der Waals surface area (Å²) in [5.74, 6) is 2.49. The van der Waals surface area contributed by atoms with Crippen LogP contribution in [0, 0.1) is 12.3 Å². The summed E-state index contributed by atoms with van der Waals surface area (Å²) < 4.78 is 12.6.